The van der Waals surface area contributed by atoms with Gasteiger partial charge in [-0.2, -0.15) is 0 Å². The molecule has 106 valence electrons. The Labute approximate surface area is 119 Å². The van der Waals surface area contributed by atoms with Gasteiger partial charge in [-0.1, -0.05) is 30.7 Å². The standard InChI is InChI=1S/C16H19NO3/c18-16(19)17-10-11-20-15-7-3-6-14(12-15)9-8-13-4-1-2-5-13/h3,6-7,12-13,17H,1-2,4-5,10-11H2,(H,18,19). The van der Waals surface area contributed by atoms with E-state index in [1.165, 1.54) is 25.7 Å². The van der Waals surface area contributed by atoms with Crippen molar-refractivity contribution in [3.8, 4) is 17.6 Å². The maximum absolute atomic E-state index is 10.3. The van der Waals surface area contributed by atoms with E-state index in [0.29, 0.717) is 12.5 Å². The first-order valence-electron chi connectivity index (χ1n) is 6.95. The summed E-state index contributed by atoms with van der Waals surface area (Å²) in [6.45, 7) is 0.582. The molecule has 0 aliphatic heterocycles. The molecule has 0 heterocycles. The number of hydrogen-bond donors (Lipinski definition) is 2. The Morgan fingerprint density at radius 1 is 1.40 bits per heavy atom. The van der Waals surface area contributed by atoms with E-state index < -0.39 is 6.09 Å². The highest BCUT2D eigenvalue weighted by atomic mass is 16.5. The van der Waals surface area contributed by atoms with Gasteiger partial charge in [0, 0.05) is 11.5 Å². The summed E-state index contributed by atoms with van der Waals surface area (Å²) in [6.07, 6.45) is 3.97. The zero-order valence-electron chi connectivity index (χ0n) is 11.4. The van der Waals surface area contributed by atoms with Gasteiger partial charge in [-0.3, -0.25) is 0 Å². The SMILES string of the molecule is O=C(O)NCCOc1cccc(C#CC2CCCC2)c1. The highest BCUT2D eigenvalue weighted by molar-refractivity contribution is 5.64. The Morgan fingerprint density at radius 3 is 2.95 bits per heavy atom. The molecule has 0 radical (unpaired) electrons. The fourth-order valence-electron chi connectivity index (χ4n) is 2.25. The Balaban J connectivity index is 1.85. The third kappa shape index (κ3) is 4.85. The van der Waals surface area contributed by atoms with Crippen molar-refractivity contribution in [2.45, 2.75) is 25.7 Å². The summed E-state index contributed by atoms with van der Waals surface area (Å²) in [5.74, 6) is 7.77. The lowest BCUT2D eigenvalue weighted by Crippen LogP contribution is -2.26. The van der Waals surface area contributed by atoms with Gasteiger partial charge >= 0.3 is 6.09 Å². The summed E-state index contributed by atoms with van der Waals surface area (Å²) in [6, 6.07) is 7.60. The van der Waals surface area contributed by atoms with E-state index in [1.54, 1.807) is 0 Å². The fourth-order valence-corrected chi connectivity index (χ4v) is 2.25. The van der Waals surface area contributed by atoms with Crippen LogP contribution in [0.2, 0.25) is 0 Å². The normalized spacial score (nSPS) is 14.4. The minimum atomic E-state index is -1.04. The summed E-state index contributed by atoms with van der Waals surface area (Å²) in [7, 11) is 0. The van der Waals surface area contributed by atoms with Gasteiger partial charge in [0.25, 0.3) is 0 Å². The molecule has 0 unspecified atom stereocenters. The Kier molecular flexibility index (Phi) is 5.31. The Morgan fingerprint density at radius 2 is 2.20 bits per heavy atom. The third-order valence-corrected chi connectivity index (χ3v) is 3.26. The molecule has 1 aromatic rings. The molecule has 2 rings (SSSR count). The van der Waals surface area contributed by atoms with E-state index in [0.717, 1.165) is 11.3 Å². The van der Waals surface area contributed by atoms with Gasteiger partial charge in [-0.05, 0) is 31.0 Å². The second-order valence-corrected chi connectivity index (χ2v) is 4.86. The minimum Gasteiger partial charge on any atom is -0.492 e. The molecule has 1 aromatic carbocycles. The van der Waals surface area contributed by atoms with Crippen molar-refractivity contribution in [2.24, 2.45) is 5.92 Å². The zero-order valence-corrected chi connectivity index (χ0v) is 11.4. The van der Waals surface area contributed by atoms with Gasteiger partial charge in [0.2, 0.25) is 0 Å². The number of benzene rings is 1. The molecule has 0 atom stereocenters. The molecule has 1 fully saturated rings. The Hall–Kier alpha value is -2.15. The van der Waals surface area contributed by atoms with Crippen molar-refractivity contribution in [2.75, 3.05) is 13.2 Å². The lowest BCUT2D eigenvalue weighted by Gasteiger charge is -2.06. The molecule has 1 amide bonds. The summed E-state index contributed by atoms with van der Waals surface area (Å²) in [4.78, 5) is 10.3. The maximum Gasteiger partial charge on any atom is 0.404 e. The van der Waals surface area contributed by atoms with Crippen molar-refractivity contribution in [3.63, 3.8) is 0 Å². The first kappa shape index (κ1) is 14.3. The first-order chi connectivity index (χ1) is 9.74. The average Bonchev–Trinajstić information content (AvgIpc) is 2.95. The van der Waals surface area contributed by atoms with Crippen molar-refractivity contribution in [3.05, 3.63) is 29.8 Å². The number of rotatable bonds is 4. The molecule has 4 nitrogen and oxygen atoms in total. The second-order valence-electron chi connectivity index (χ2n) is 4.86. The van der Waals surface area contributed by atoms with Gasteiger partial charge in [0.05, 0.1) is 6.54 Å². The molecular weight excluding hydrogens is 254 g/mol. The van der Waals surface area contributed by atoms with Crippen molar-refractivity contribution in [1.82, 2.24) is 5.32 Å². The van der Waals surface area contributed by atoms with Gasteiger partial charge in [0.1, 0.15) is 12.4 Å². The number of carbonyl (C=O) groups is 1. The molecule has 1 saturated carbocycles. The molecule has 0 saturated heterocycles. The van der Waals surface area contributed by atoms with Gasteiger partial charge in [-0.25, -0.2) is 4.79 Å². The number of hydrogen-bond acceptors (Lipinski definition) is 2. The van der Waals surface area contributed by atoms with Crippen LogP contribution < -0.4 is 10.1 Å². The minimum absolute atomic E-state index is 0.271. The molecule has 2 N–H and O–H groups in total. The van der Waals surface area contributed by atoms with Crippen LogP contribution in [-0.4, -0.2) is 24.4 Å². The quantitative estimate of drug-likeness (QED) is 0.655. The molecule has 1 aliphatic carbocycles. The first-order valence-corrected chi connectivity index (χ1v) is 6.95. The lowest BCUT2D eigenvalue weighted by molar-refractivity contribution is 0.191. The van der Waals surface area contributed by atoms with Crippen LogP contribution >= 0.6 is 0 Å². The van der Waals surface area contributed by atoms with Crippen LogP contribution in [0.1, 0.15) is 31.2 Å². The van der Waals surface area contributed by atoms with Gasteiger partial charge in [0.15, 0.2) is 0 Å². The van der Waals surface area contributed by atoms with Crippen molar-refractivity contribution in [1.29, 1.82) is 0 Å². The highest BCUT2D eigenvalue weighted by Crippen LogP contribution is 2.23. The molecule has 20 heavy (non-hydrogen) atoms. The van der Waals surface area contributed by atoms with Crippen molar-refractivity contribution < 1.29 is 14.6 Å². The second kappa shape index (κ2) is 7.44. The number of ether oxygens (including phenoxy) is 1. The molecule has 0 spiro atoms. The summed E-state index contributed by atoms with van der Waals surface area (Å²) in [5, 5.41) is 10.7. The topological polar surface area (TPSA) is 58.6 Å². The van der Waals surface area contributed by atoms with Gasteiger partial charge in [-0.15, -0.1) is 0 Å². The highest BCUT2D eigenvalue weighted by Gasteiger charge is 2.11. The van der Waals surface area contributed by atoms with E-state index in [2.05, 4.69) is 17.2 Å². The van der Waals surface area contributed by atoms with Crippen LogP contribution in [0.25, 0.3) is 0 Å². The molecule has 1 aliphatic rings. The molecular formula is C16H19NO3. The largest absolute Gasteiger partial charge is 0.492 e. The summed E-state index contributed by atoms with van der Waals surface area (Å²) >= 11 is 0. The van der Waals surface area contributed by atoms with Crippen molar-refractivity contribution >= 4 is 6.09 Å². The predicted molar refractivity (Wildman–Crippen MR) is 76.8 cm³/mol. The number of amides is 1. The number of carboxylic acid groups (broad SMARTS) is 1. The van der Waals surface area contributed by atoms with E-state index in [1.807, 2.05) is 24.3 Å². The summed E-state index contributed by atoms with van der Waals surface area (Å²) < 4.78 is 5.48. The zero-order chi connectivity index (χ0) is 14.2. The van der Waals surface area contributed by atoms with E-state index in [9.17, 15) is 4.79 Å². The Bertz CT molecular complexity index is 510. The van der Waals surface area contributed by atoms with Crippen LogP contribution in [0.5, 0.6) is 5.75 Å². The lowest BCUT2D eigenvalue weighted by atomic mass is 10.1. The van der Waals surface area contributed by atoms with Crippen LogP contribution in [0, 0.1) is 17.8 Å². The predicted octanol–water partition coefficient (Wildman–Crippen LogP) is 2.87. The molecule has 4 heteroatoms. The maximum atomic E-state index is 10.3. The van der Waals surface area contributed by atoms with Crippen LogP contribution in [0.3, 0.4) is 0 Å². The van der Waals surface area contributed by atoms with Gasteiger partial charge < -0.3 is 15.2 Å². The molecule has 0 bridgehead atoms. The monoisotopic (exact) mass is 273 g/mol. The third-order valence-electron chi connectivity index (χ3n) is 3.26. The number of nitrogens with one attached hydrogen (secondary N) is 1. The van der Waals surface area contributed by atoms with Crippen LogP contribution in [0.15, 0.2) is 24.3 Å². The van der Waals surface area contributed by atoms with E-state index in [-0.39, 0.29) is 6.54 Å². The molecule has 0 aromatic heterocycles. The van der Waals surface area contributed by atoms with Crippen LogP contribution in [-0.2, 0) is 0 Å². The van der Waals surface area contributed by atoms with E-state index >= 15 is 0 Å². The van der Waals surface area contributed by atoms with Crippen LogP contribution in [0.4, 0.5) is 4.79 Å². The smallest absolute Gasteiger partial charge is 0.404 e. The summed E-state index contributed by atoms with van der Waals surface area (Å²) in [5.41, 5.74) is 0.945. The fraction of sp³-hybridized carbons (Fsp3) is 0.438. The van der Waals surface area contributed by atoms with E-state index in [4.69, 9.17) is 9.84 Å². The average molecular weight is 273 g/mol.